The summed E-state index contributed by atoms with van der Waals surface area (Å²) in [7, 11) is 0. The van der Waals surface area contributed by atoms with Crippen LogP contribution in [0.5, 0.6) is 0 Å². The van der Waals surface area contributed by atoms with Gasteiger partial charge in [-0.15, -0.1) is 24.0 Å². The summed E-state index contributed by atoms with van der Waals surface area (Å²) in [6, 6.07) is 10.5. The fourth-order valence-electron chi connectivity index (χ4n) is 3.46. The standard InChI is InChI=1S/C23H35N5O2.HI/c1-2-24-23(25-10-5-13-30-19-20-8-14-29-15-9-20)26-17-21-6-3-7-22(16-21)18-28-12-4-11-27-28;/h3-4,6-7,11-12,16,20H,2,5,8-10,13-15,17-19H2,1H3,(H2,24,25,26);1H. The predicted octanol–water partition coefficient (Wildman–Crippen LogP) is 3.44. The Bertz CT molecular complexity index is 748. The van der Waals surface area contributed by atoms with Gasteiger partial charge in [-0.3, -0.25) is 4.68 Å². The van der Waals surface area contributed by atoms with E-state index in [0.717, 1.165) is 71.3 Å². The monoisotopic (exact) mass is 541 g/mol. The number of halogens is 1. The maximum Gasteiger partial charge on any atom is 0.191 e. The summed E-state index contributed by atoms with van der Waals surface area (Å²) in [5, 5.41) is 11.0. The molecule has 31 heavy (non-hydrogen) atoms. The van der Waals surface area contributed by atoms with Gasteiger partial charge in [0, 0.05) is 51.9 Å². The first kappa shape index (κ1) is 25.6. The molecule has 1 fully saturated rings. The van der Waals surface area contributed by atoms with Crippen LogP contribution in [0, 0.1) is 5.92 Å². The fourth-order valence-corrected chi connectivity index (χ4v) is 3.46. The van der Waals surface area contributed by atoms with Crippen LogP contribution in [-0.2, 0) is 22.6 Å². The summed E-state index contributed by atoms with van der Waals surface area (Å²) in [4.78, 5) is 4.73. The summed E-state index contributed by atoms with van der Waals surface area (Å²) in [6.45, 7) is 8.57. The molecule has 1 saturated heterocycles. The Morgan fingerprint density at radius 3 is 2.84 bits per heavy atom. The smallest absolute Gasteiger partial charge is 0.191 e. The number of nitrogens with one attached hydrogen (secondary N) is 2. The first-order chi connectivity index (χ1) is 14.8. The van der Waals surface area contributed by atoms with Crippen molar-refractivity contribution in [2.24, 2.45) is 10.9 Å². The summed E-state index contributed by atoms with van der Waals surface area (Å²) < 4.78 is 13.2. The Labute approximate surface area is 203 Å². The lowest BCUT2D eigenvalue weighted by Gasteiger charge is -2.21. The van der Waals surface area contributed by atoms with Gasteiger partial charge >= 0.3 is 0 Å². The molecule has 2 heterocycles. The van der Waals surface area contributed by atoms with Gasteiger partial charge < -0.3 is 20.1 Å². The highest BCUT2D eigenvalue weighted by Crippen LogP contribution is 2.14. The van der Waals surface area contributed by atoms with Crippen LogP contribution in [0.2, 0.25) is 0 Å². The molecule has 1 aliphatic heterocycles. The van der Waals surface area contributed by atoms with E-state index in [2.05, 4.69) is 46.9 Å². The van der Waals surface area contributed by atoms with Crippen LogP contribution in [0.4, 0.5) is 0 Å². The minimum absolute atomic E-state index is 0. The van der Waals surface area contributed by atoms with Crippen molar-refractivity contribution in [3.8, 4) is 0 Å². The maximum absolute atomic E-state index is 5.84. The van der Waals surface area contributed by atoms with E-state index in [1.54, 1.807) is 6.20 Å². The fraction of sp³-hybridized carbons (Fsp3) is 0.565. The summed E-state index contributed by atoms with van der Waals surface area (Å²) >= 11 is 0. The van der Waals surface area contributed by atoms with Gasteiger partial charge in [-0.25, -0.2) is 4.99 Å². The Morgan fingerprint density at radius 1 is 1.23 bits per heavy atom. The highest BCUT2D eigenvalue weighted by molar-refractivity contribution is 14.0. The molecule has 1 aromatic carbocycles. The van der Waals surface area contributed by atoms with E-state index in [4.69, 9.17) is 14.5 Å². The van der Waals surface area contributed by atoms with E-state index in [1.165, 1.54) is 11.1 Å². The molecule has 1 aromatic heterocycles. The van der Waals surface area contributed by atoms with Crippen molar-refractivity contribution in [1.29, 1.82) is 0 Å². The normalized spacial score (nSPS) is 14.8. The van der Waals surface area contributed by atoms with E-state index < -0.39 is 0 Å². The molecule has 2 N–H and O–H groups in total. The maximum atomic E-state index is 5.84. The van der Waals surface area contributed by atoms with Gasteiger partial charge in [0.2, 0.25) is 0 Å². The molecule has 7 nitrogen and oxygen atoms in total. The lowest BCUT2D eigenvalue weighted by Crippen LogP contribution is -2.38. The molecule has 172 valence electrons. The topological polar surface area (TPSA) is 72.7 Å². The van der Waals surface area contributed by atoms with E-state index in [-0.39, 0.29) is 24.0 Å². The molecular formula is C23H36IN5O2. The number of guanidine groups is 1. The third-order valence-corrected chi connectivity index (χ3v) is 5.11. The third-order valence-electron chi connectivity index (χ3n) is 5.11. The minimum Gasteiger partial charge on any atom is -0.381 e. The van der Waals surface area contributed by atoms with Crippen LogP contribution in [0.3, 0.4) is 0 Å². The molecule has 0 aliphatic carbocycles. The Morgan fingerprint density at radius 2 is 2.06 bits per heavy atom. The molecule has 0 radical (unpaired) electrons. The Hall–Kier alpha value is -1.65. The molecule has 0 unspecified atom stereocenters. The molecule has 8 heteroatoms. The molecule has 3 rings (SSSR count). The summed E-state index contributed by atoms with van der Waals surface area (Å²) in [5.74, 6) is 1.51. The third kappa shape index (κ3) is 10.0. The highest BCUT2D eigenvalue weighted by atomic mass is 127. The van der Waals surface area contributed by atoms with Gasteiger partial charge in [0.1, 0.15) is 0 Å². The number of hydrogen-bond donors (Lipinski definition) is 2. The molecule has 0 spiro atoms. The van der Waals surface area contributed by atoms with E-state index in [1.807, 2.05) is 16.9 Å². The zero-order valence-corrected chi connectivity index (χ0v) is 20.8. The molecule has 0 atom stereocenters. The Balaban J connectivity index is 0.00000341. The van der Waals surface area contributed by atoms with Crippen LogP contribution >= 0.6 is 24.0 Å². The van der Waals surface area contributed by atoms with Crippen molar-refractivity contribution in [1.82, 2.24) is 20.4 Å². The molecule has 0 saturated carbocycles. The quantitative estimate of drug-likeness (QED) is 0.198. The van der Waals surface area contributed by atoms with Crippen LogP contribution in [0.25, 0.3) is 0 Å². The molecule has 0 amide bonds. The second-order valence-electron chi connectivity index (χ2n) is 7.63. The summed E-state index contributed by atoms with van der Waals surface area (Å²) in [6.07, 6.45) is 6.99. The zero-order chi connectivity index (χ0) is 20.9. The first-order valence-corrected chi connectivity index (χ1v) is 11.1. The van der Waals surface area contributed by atoms with Gasteiger partial charge in [-0.1, -0.05) is 24.3 Å². The van der Waals surface area contributed by atoms with E-state index in [0.29, 0.717) is 12.5 Å². The zero-order valence-electron chi connectivity index (χ0n) is 18.5. The van der Waals surface area contributed by atoms with Crippen molar-refractivity contribution in [3.05, 3.63) is 53.9 Å². The Kier molecular flexibility index (Phi) is 12.6. The number of aromatic nitrogens is 2. The lowest BCUT2D eigenvalue weighted by atomic mass is 10.0. The van der Waals surface area contributed by atoms with E-state index >= 15 is 0 Å². The SMILES string of the molecule is CCNC(=NCc1cccc(Cn2cccn2)c1)NCCCOCC1CCOCC1.I. The lowest BCUT2D eigenvalue weighted by molar-refractivity contribution is 0.0203. The number of rotatable bonds is 11. The molecule has 2 aromatic rings. The average Bonchev–Trinajstić information content (AvgIpc) is 3.28. The van der Waals surface area contributed by atoms with E-state index in [9.17, 15) is 0 Å². The van der Waals surface area contributed by atoms with Crippen molar-refractivity contribution in [2.75, 3.05) is 39.5 Å². The number of ether oxygens (including phenoxy) is 2. The van der Waals surface area contributed by atoms with Crippen molar-refractivity contribution in [3.63, 3.8) is 0 Å². The number of nitrogens with zero attached hydrogens (tertiary/aromatic N) is 3. The molecular weight excluding hydrogens is 505 g/mol. The first-order valence-electron chi connectivity index (χ1n) is 11.1. The summed E-state index contributed by atoms with van der Waals surface area (Å²) in [5.41, 5.74) is 2.42. The van der Waals surface area contributed by atoms with Gasteiger partial charge in [-0.2, -0.15) is 5.10 Å². The van der Waals surface area contributed by atoms with Gasteiger partial charge in [0.05, 0.1) is 13.1 Å². The van der Waals surface area contributed by atoms with Gasteiger partial charge in [-0.05, 0) is 49.3 Å². The number of aliphatic imine (C=N–C) groups is 1. The van der Waals surface area contributed by atoms with Crippen LogP contribution in [0.15, 0.2) is 47.7 Å². The largest absolute Gasteiger partial charge is 0.381 e. The second kappa shape index (κ2) is 15.2. The van der Waals surface area contributed by atoms with Crippen molar-refractivity contribution in [2.45, 2.75) is 39.3 Å². The number of benzene rings is 1. The second-order valence-corrected chi connectivity index (χ2v) is 7.63. The predicted molar refractivity (Wildman–Crippen MR) is 135 cm³/mol. The molecule has 0 bridgehead atoms. The van der Waals surface area contributed by atoms with Gasteiger partial charge in [0.15, 0.2) is 5.96 Å². The van der Waals surface area contributed by atoms with Crippen LogP contribution in [0.1, 0.15) is 37.3 Å². The van der Waals surface area contributed by atoms with Crippen molar-refractivity contribution >= 4 is 29.9 Å². The van der Waals surface area contributed by atoms with Crippen LogP contribution < -0.4 is 10.6 Å². The van der Waals surface area contributed by atoms with Gasteiger partial charge in [0.25, 0.3) is 0 Å². The highest BCUT2D eigenvalue weighted by Gasteiger charge is 2.13. The average molecular weight is 541 g/mol. The minimum atomic E-state index is 0. The van der Waals surface area contributed by atoms with Crippen molar-refractivity contribution < 1.29 is 9.47 Å². The van der Waals surface area contributed by atoms with Crippen LogP contribution in [-0.4, -0.2) is 55.3 Å². The molecule has 1 aliphatic rings. The number of hydrogen-bond acceptors (Lipinski definition) is 4.